The molecule has 3 aromatic rings. The van der Waals surface area contributed by atoms with Crippen molar-refractivity contribution in [1.29, 1.82) is 0 Å². The zero-order chi connectivity index (χ0) is 20.4. The molecule has 148 valence electrons. The lowest BCUT2D eigenvalue weighted by atomic mass is 9.69. The van der Waals surface area contributed by atoms with Gasteiger partial charge in [-0.2, -0.15) is 5.10 Å². The van der Waals surface area contributed by atoms with Gasteiger partial charge >= 0.3 is 0 Å². The zero-order valence-electron chi connectivity index (χ0n) is 15.6. The molecule has 1 fully saturated rings. The first-order chi connectivity index (χ1) is 13.9. The Hall–Kier alpha value is -2.51. The van der Waals surface area contributed by atoms with Crippen molar-refractivity contribution < 1.29 is 9.18 Å². The van der Waals surface area contributed by atoms with Crippen LogP contribution in [-0.2, 0) is 6.42 Å². The predicted molar refractivity (Wildman–Crippen MR) is 106 cm³/mol. The van der Waals surface area contributed by atoms with E-state index >= 15 is 0 Å². The third-order valence-electron chi connectivity index (χ3n) is 5.86. The minimum Gasteiger partial charge on any atom is -0.326 e. The molecule has 1 aliphatic carbocycles. The quantitative estimate of drug-likeness (QED) is 0.610. The highest BCUT2D eigenvalue weighted by Crippen LogP contribution is 2.52. The fourth-order valence-corrected chi connectivity index (χ4v) is 4.88. The third kappa shape index (κ3) is 2.60. The van der Waals surface area contributed by atoms with Crippen LogP contribution in [0, 0.1) is 18.7 Å². The van der Waals surface area contributed by atoms with E-state index in [0.29, 0.717) is 12.2 Å². The Labute approximate surface area is 176 Å². The predicted octanol–water partition coefficient (Wildman–Crippen LogP) is 4.38. The maximum atomic E-state index is 13.7. The Morgan fingerprint density at radius 1 is 1.24 bits per heavy atom. The van der Waals surface area contributed by atoms with E-state index in [2.05, 4.69) is 27.1 Å². The third-order valence-corrected chi connectivity index (χ3v) is 6.72. The average Bonchev–Trinajstić information content (AvgIpc) is 3.23. The molecule has 0 saturated carbocycles. The number of H-pyrrole nitrogens is 1. The Kier molecular flexibility index (Phi) is 4.15. The van der Waals surface area contributed by atoms with Crippen molar-refractivity contribution in [2.45, 2.75) is 32.4 Å². The van der Waals surface area contributed by atoms with Crippen LogP contribution in [0.5, 0.6) is 0 Å². The van der Waals surface area contributed by atoms with E-state index in [9.17, 15) is 9.18 Å². The van der Waals surface area contributed by atoms with Crippen molar-refractivity contribution in [3.8, 4) is 11.4 Å². The highest BCUT2D eigenvalue weighted by Gasteiger charge is 2.55. The minimum atomic E-state index is -0.650. The van der Waals surface area contributed by atoms with E-state index in [-0.39, 0.29) is 39.5 Å². The molecule has 3 unspecified atom stereocenters. The van der Waals surface area contributed by atoms with E-state index in [1.54, 1.807) is 11.1 Å². The number of carbonyl (C=O) groups excluding carboxylic acids is 1. The highest BCUT2D eigenvalue weighted by molar-refractivity contribution is 6.44. The van der Waals surface area contributed by atoms with Crippen LogP contribution in [0.1, 0.15) is 40.4 Å². The van der Waals surface area contributed by atoms with E-state index < -0.39 is 5.82 Å². The summed E-state index contributed by atoms with van der Waals surface area (Å²) in [6.45, 7) is 3.94. The summed E-state index contributed by atoms with van der Waals surface area (Å²) < 4.78 is 13.7. The number of aryl methyl sites for hydroxylation is 1. The molecule has 1 amide bonds. The van der Waals surface area contributed by atoms with Crippen molar-refractivity contribution in [3.63, 3.8) is 0 Å². The van der Waals surface area contributed by atoms with Crippen LogP contribution in [0.25, 0.3) is 11.4 Å². The van der Waals surface area contributed by atoms with Gasteiger partial charge in [0.25, 0.3) is 5.91 Å². The molecule has 6 nitrogen and oxygen atoms in total. The van der Waals surface area contributed by atoms with Crippen molar-refractivity contribution >= 4 is 29.1 Å². The molecule has 1 aliphatic heterocycles. The minimum absolute atomic E-state index is 0.0205. The molecule has 0 spiro atoms. The van der Waals surface area contributed by atoms with Crippen LogP contribution in [0.4, 0.5) is 4.39 Å². The number of fused-ring (bicyclic) bond motifs is 4. The summed E-state index contributed by atoms with van der Waals surface area (Å²) in [6, 6.07) is 4.20. The Balaban J connectivity index is 1.58. The molecular formula is C20H16Cl2FN5O. The maximum Gasteiger partial charge on any atom is 0.256 e. The lowest BCUT2D eigenvalue weighted by molar-refractivity contribution is -0.0411. The monoisotopic (exact) mass is 431 g/mol. The molecule has 1 N–H and O–H groups in total. The molecular weight excluding hydrogens is 416 g/mol. The largest absolute Gasteiger partial charge is 0.326 e. The second-order valence-electron chi connectivity index (χ2n) is 7.46. The molecule has 9 heteroatoms. The maximum absolute atomic E-state index is 13.7. The van der Waals surface area contributed by atoms with Gasteiger partial charge in [-0.05, 0) is 31.5 Å². The van der Waals surface area contributed by atoms with Crippen LogP contribution in [0.15, 0.2) is 24.4 Å². The SMILES string of the molecule is Cc1nc(-c2ccn[nH]2)c2c(n1)C1C(C)C(C2)N1C(=O)c1ccc(F)c(Cl)c1Cl. The number of amides is 1. The summed E-state index contributed by atoms with van der Waals surface area (Å²) in [4.78, 5) is 24.3. The summed E-state index contributed by atoms with van der Waals surface area (Å²) in [6.07, 6.45) is 2.31. The first kappa shape index (κ1) is 18.5. The summed E-state index contributed by atoms with van der Waals surface area (Å²) in [5, 5.41) is 6.68. The van der Waals surface area contributed by atoms with Crippen LogP contribution in [0.3, 0.4) is 0 Å². The average molecular weight is 432 g/mol. The first-order valence-electron chi connectivity index (χ1n) is 9.21. The van der Waals surface area contributed by atoms with E-state index in [1.165, 1.54) is 6.07 Å². The molecule has 3 heterocycles. The standard InChI is InChI=1S/C20H16Cl2FN5O/c1-8-14-7-11-17(13-5-6-24-27-13)25-9(2)26-18(11)19(8)28(14)20(29)10-3-4-12(23)16(22)15(10)21/h3-6,8,14,19H,7H2,1-2H3,(H,24,27). The number of rotatable bonds is 2. The smallest absolute Gasteiger partial charge is 0.256 e. The number of carbonyl (C=O) groups is 1. The molecule has 2 aromatic heterocycles. The Bertz CT molecular complexity index is 1150. The van der Waals surface area contributed by atoms with Crippen LogP contribution >= 0.6 is 23.2 Å². The lowest BCUT2D eigenvalue weighted by Crippen LogP contribution is -2.63. The number of hydrogen-bond acceptors (Lipinski definition) is 4. The number of aromatic amines is 1. The van der Waals surface area contributed by atoms with E-state index in [1.807, 2.05) is 13.0 Å². The van der Waals surface area contributed by atoms with E-state index in [0.717, 1.165) is 28.7 Å². The fourth-order valence-electron chi connectivity index (χ4n) is 4.48. The van der Waals surface area contributed by atoms with Gasteiger partial charge in [0.05, 0.1) is 38.7 Å². The number of benzene rings is 1. The van der Waals surface area contributed by atoms with Gasteiger partial charge < -0.3 is 4.90 Å². The number of likely N-dealkylation sites (tertiary alicyclic amines) is 1. The van der Waals surface area contributed by atoms with Gasteiger partial charge in [0, 0.05) is 23.7 Å². The van der Waals surface area contributed by atoms with Gasteiger partial charge in [-0.25, -0.2) is 14.4 Å². The van der Waals surface area contributed by atoms with E-state index in [4.69, 9.17) is 23.2 Å². The van der Waals surface area contributed by atoms with Gasteiger partial charge in [0.1, 0.15) is 11.6 Å². The van der Waals surface area contributed by atoms with Gasteiger partial charge in [-0.3, -0.25) is 9.89 Å². The lowest BCUT2D eigenvalue weighted by Gasteiger charge is -2.57. The number of halogens is 3. The van der Waals surface area contributed by atoms with Crippen molar-refractivity contribution in [2.75, 3.05) is 0 Å². The number of nitrogens with one attached hydrogen (secondary N) is 1. The first-order valence-corrected chi connectivity index (χ1v) is 9.97. The van der Waals surface area contributed by atoms with Crippen molar-refractivity contribution in [1.82, 2.24) is 25.1 Å². The zero-order valence-corrected chi connectivity index (χ0v) is 17.1. The van der Waals surface area contributed by atoms with Crippen LogP contribution in [0.2, 0.25) is 10.0 Å². The summed E-state index contributed by atoms with van der Waals surface area (Å²) in [7, 11) is 0. The highest BCUT2D eigenvalue weighted by atomic mass is 35.5. The fraction of sp³-hybridized carbons (Fsp3) is 0.300. The van der Waals surface area contributed by atoms with Gasteiger partial charge in [-0.1, -0.05) is 30.1 Å². The van der Waals surface area contributed by atoms with Gasteiger partial charge in [0.2, 0.25) is 0 Å². The van der Waals surface area contributed by atoms with Gasteiger partial charge in [-0.15, -0.1) is 0 Å². The molecule has 1 saturated heterocycles. The summed E-state index contributed by atoms with van der Waals surface area (Å²) in [5.74, 6) is -0.0514. The summed E-state index contributed by atoms with van der Waals surface area (Å²) >= 11 is 12.1. The number of nitrogens with zero attached hydrogens (tertiary/aromatic N) is 4. The molecule has 2 bridgehead atoms. The second-order valence-corrected chi connectivity index (χ2v) is 8.22. The molecule has 1 aromatic carbocycles. The molecule has 2 aliphatic rings. The Morgan fingerprint density at radius 2 is 2.03 bits per heavy atom. The molecule has 29 heavy (non-hydrogen) atoms. The van der Waals surface area contributed by atoms with Crippen LogP contribution in [-0.4, -0.2) is 37.0 Å². The van der Waals surface area contributed by atoms with Crippen molar-refractivity contribution in [3.05, 3.63) is 62.9 Å². The van der Waals surface area contributed by atoms with Crippen LogP contribution < -0.4 is 0 Å². The molecule has 5 rings (SSSR count). The number of hydrogen-bond donors (Lipinski definition) is 1. The second kappa shape index (κ2) is 6.50. The van der Waals surface area contributed by atoms with Crippen molar-refractivity contribution in [2.24, 2.45) is 5.92 Å². The molecule has 0 radical (unpaired) electrons. The Morgan fingerprint density at radius 3 is 2.76 bits per heavy atom. The molecule has 3 atom stereocenters. The summed E-state index contributed by atoms with van der Waals surface area (Å²) in [5.41, 5.74) is 3.71. The number of aromatic nitrogens is 4. The van der Waals surface area contributed by atoms with Gasteiger partial charge in [0.15, 0.2) is 0 Å². The topological polar surface area (TPSA) is 74.8 Å². The normalized spacial score (nSPS) is 22.2.